The van der Waals surface area contributed by atoms with Gasteiger partial charge in [-0.2, -0.15) is 0 Å². The number of hydrogen-bond donors (Lipinski definition) is 0. The van der Waals surface area contributed by atoms with E-state index in [1.807, 2.05) is 0 Å². The Morgan fingerprint density at radius 1 is 1.15 bits per heavy atom. The molecule has 2 heterocycles. The van der Waals surface area contributed by atoms with Gasteiger partial charge < -0.3 is 19.3 Å². The summed E-state index contributed by atoms with van der Waals surface area (Å²) in [5.41, 5.74) is 2.70. The van der Waals surface area contributed by atoms with E-state index in [1.54, 1.807) is 14.2 Å². The van der Waals surface area contributed by atoms with Crippen LogP contribution in [0.15, 0.2) is 12.1 Å². The Morgan fingerprint density at radius 2 is 1.90 bits per heavy atom. The molecule has 2 aliphatic rings. The fraction of sp³-hybridized carbons (Fsp3) is 0.625. The molecule has 0 bridgehead atoms. The maximum absolute atomic E-state index is 5.44. The van der Waals surface area contributed by atoms with Crippen LogP contribution in [-0.4, -0.2) is 51.8 Å². The van der Waals surface area contributed by atoms with E-state index in [1.165, 1.54) is 30.6 Å². The van der Waals surface area contributed by atoms with Gasteiger partial charge in [0.1, 0.15) is 0 Å². The molecule has 1 aromatic rings. The van der Waals surface area contributed by atoms with Crippen LogP contribution in [0.4, 0.5) is 5.69 Å². The molecule has 4 heteroatoms. The van der Waals surface area contributed by atoms with Gasteiger partial charge in [0.05, 0.1) is 14.2 Å². The lowest BCUT2D eigenvalue weighted by Gasteiger charge is -2.27. The lowest BCUT2D eigenvalue weighted by Crippen LogP contribution is -2.37. The Kier molecular flexibility index (Phi) is 3.74. The molecular weight excluding hydrogens is 252 g/mol. The lowest BCUT2D eigenvalue weighted by atomic mass is 10.1. The lowest BCUT2D eigenvalue weighted by molar-refractivity contribution is 0.312. The van der Waals surface area contributed by atoms with Gasteiger partial charge in [0.25, 0.3) is 0 Å². The van der Waals surface area contributed by atoms with Gasteiger partial charge in [0.15, 0.2) is 11.5 Å². The molecule has 110 valence electrons. The van der Waals surface area contributed by atoms with Crippen LogP contribution in [0.1, 0.15) is 18.4 Å². The first-order valence-corrected chi connectivity index (χ1v) is 7.43. The number of methoxy groups -OCH3 is 2. The van der Waals surface area contributed by atoms with Crippen LogP contribution >= 0.6 is 0 Å². The summed E-state index contributed by atoms with van der Waals surface area (Å²) >= 11 is 0. The second-order valence-corrected chi connectivity index (χ2v) is 5.81. The second-order valence-electron chi connectivity index (χ2n) is 5.81. The summed E-state index contributed by atoms with van der Waals surface area (Å²) in [7, 11) is 5.64. The zero-order valence-corrected chi connectivity index (χ0v) is 12.7. The number of hydrogen-bond acceptors (Lipinski definition) is 4. The highest BCUT2D eigenvalue weighted by atomic mass is 16.5. The predicted molar refractivity (Wildman–Crippen MR) is 81.1 cm³/mol. The molecule has 0 unspecified atom stereocenters. The predicted octanol–water partition coefficient (Wildman–Crippen LogP) is 2.16. The third-order valence-corrected chi connectivity index (χ3v) is 4.68. The molecule has 0 saturated carbocycles. The number of likely N-dealkylation sites (N-methyl/N-ethyl adjacent to an activating group) is 1. The van der Waals surface area contributed by atoms with Gasteiger partial charge in [-0.1, -0.05) is 0 Å². The Balaban J connectivity index is 1.82. The number of ether oxygens (including phenoxy) is 2. The van der Waals surface area contributed by atoms with Gasteiger partial charge in [-0.15, -0.1) is 0 Å². The Morgan fingerprint density at radius 3 is 2.55 bits per heavy atom. The fourth-order valence-corrected chi connectivity index (χ4v) is 3.43. The van der Waals surface area contributed by atoms with Crippen molar-refractivity contribution < 1.29 is 9.47 Å². The van der Waals surface area contributed by atoms with E-state index in [-0.39, 0.29) is 0 Å². The van der Waals surface area contributed by atoms with Gasteiger partial charge in [-0.05, 0) is 44.5 Å². The molecule has 0 radical (unpaired) electrons. The third-order valence-electron chi connectivity index (χ3n) is 4.68. The van der Waals surface area contributed by atoms with Crippen LogP contribution < -0.4 is 14.4 Å². The van der Waals surface area contributed by atoms with Crippen molar-refractivity contribution in [1.29, 1.82) is 0 Å². The molecule has 4 nitrogen and oxygen atoms in total. The zero-order chi connectivity index (χ0) is 14.1. The molecule has 20 heavy (non-hydrogen) atoms. The molecule has 1 atom stereocenters. The molecule has 0 aliphatic carbocycles. The van der Waals surface area contributed by atoms with E-state index < -0.39 is 0 Å². The monoisotopic (exact) mass is 276 g/mol. The summed E-state index contributed by atoms with van der Waals surface area (Å²) in [6, 6.07) is 4.96. The van der Waals surface area contributed by atoms with Crippen LogP contribution in [0.25, 0.3) is 0 Å². The van der Waals surface area contributed by atoms with E-state index in [0.717, 1.165) is 31.0 Å². The van der Waals surface area contributed by atoms with Crippen LogP contribution in [-0.2, 0) is 6.42 Å². The quantitative estimate of drug-likeness (QED) is 0.841. The van der Waals surface area contributed by atoms with Gasteiger partial charge in [-0.25, -0.2) is 0 Å². The molecular formula is C16H24N2O2. The largest absolute Gasteiger partial charge is 0.493 e. The van der Waals surface area contributed by atoms with Crippen molar-refractivity contribution in [3.8, 4) is 11.5 Å². The summed E-state index contributed by atoms with van der Waals surface area (Å²) in [5.74, 6) is 1.67. The van der Waals surface area contributed by atoms with Crippen LogP contribution in [0.3, 0.4) is 0 Å². The van der Waals surface area contributed by atoms with Crippen LogP contribution in [0.2, 0.25) is 0 Å². The van der Waals surface area contributed by atoms with E-state index in [4.69, 9.17) is 9.47 Å². The first kappa shape index (κ1) is 13.6. The highest BCUT2D eigenvalue weighted by molar-refractivity contribution is 5.65. The van der Waals surface area contributed by atoms with Gasteiger partial charge >= 0.3 is 0 Å². The van der Waals surface area contributed by atoms with Crippen LogP contribution in [0.5, 0.6) is 11.5 Å². The number of anilines is 1. The molecule has 3 rings (SSSR count). The first-order chi connectivity index (χ1) is 9.72. The highest BCUT2D eigenvalue weighted by Gasteiger charge is 2.28. The third kappa shape index (κ3) is 2.33. The second kappa shape index (κ2) is 5.52. The fourth-order valence-electron chi connectivity index (χ4n) is 3.43. The molecule has 0 N–H and O–H groups in total. The summed E-state index contributed by atoms with van der Waals surface area (Å²) in [4.78, 5) is 4.99. The van der Waals surface area contributed by atoms with Crippen molar-refractivity contribution >= 4 is 5.69 Å². The maximum Gasteiger partial charge on any atom is 0.162 e. The topological polar surface area (TPSA) is 24.9 Å². The van der Waals surface area contributed by atoms with Crippen molar-refractivity contribution in [2.75, 3.05) is 45.8 Å². The molecule has 2 aliphatic heterocycles. The Labute approximate surface area is 121 Å². The number of likely N-dealkylation sites (tertiary alicyclic amines) is 1. The SMILES string of the molecule is COc1cc2c(cc1OC)N(C[C@H]1CCCN1C)CC2. The number of benzene rings is 1. The maximum atomic E-state index is 5.44. The summed E-state index contributed by atoms with van der Waals surface area (Å²) in [5, 5.41) is 0. The number of rotatable bonds is 4. The van der Waals surface area contributed by atoms with E-state index in [0.29, 0.717) is 6.04 Å². The van der Waals surface area contributed by atoms with Crippen molar-refractivity contribution in [1.82, 2.24) is 4.90 Å². The average molecular weight is 276 g/mol. The zero-order valence-electron chi connectivity index (χ0n) is 12.7. The van der Waals surface area contributed by atoms with Gasteiger partial charge in [0.2, 0.25) is 0 Å². The van der Waals surface area contributed by atoms with Crippen molar-refractivity contribution in [2.45, 2.75) is 25.3 Å². The average Bonchev–Trinajstić information content (AvgIpc) is 3.05. The standard InChI is InChI=1S/C16H24N2O2/c1-17-7-4-5-13(17)11-18-8-6-12-9-15(19-2)16(20-3)10-14(12)18/h9-10,13H,4-8,11H2,1-3H3/t13-/m1/s1. The van der Waals surface area contributed by atoms with Crippen molar-refractivity contribution in [3.63, 3.8) is 0 Å². The minimum absolute atomic E-state index is 0.689. The summed E-state index contributed by atoms with van der Waals surface area (Å²) in [6.45, 7) is 3.46. The van der Waals surface area contributed by atoms with Gasteiger partial charge in [0, 0.05) is 30.9 Å². The van der Waals surface area contributed by atoms with E-state index in [2.05, 4.69) is 29.0 Å². The minimum Gasteiger partial charge on any atom is -0.493 e. The molecule has 1 aromatic carbocycles. The molecule has 0 amide bonds. The summed E-state index contributed by atoms with van der Waals surface area (Å²) in [6.07, 6.45) is 3.75. The first-order valence-electron chi connectivity index (χ1n) is 7.43. The van der Waals surface area contributed by atoms with Gasteiger partial charge in [-0.3, -0.25) is 0 Å². The Hall–Kier alpha value is -1.42. The minimum atomic E-state index is 0.689. The summed E-state index contributed by atoms with van der Waals surface area (Å²) < 4.78 is 10.8. The highest BCUT2D eigenvalue weighted by Crippen LogP contribution is 2.39. The molecule has 0 aromatic heterocycles. The Bertz CT molecular complexity index is 490. The number of fused-ring (bicyclic) bond motifs is 1. The van der Waals surface area contributed by atoms with Crippen molar-refractivity contribution in [3.05, 3.63) is 17.7 Å². The van der Waals surface area contributed by atoms with Crippen molar-refractivity contribution in [2.24, 2.45) is 0 Å². The molecule has 0 spiro atoms. The van der Waals surface area contributed by atoms with E-state index in [9.17, 15) is 0 Å². The number of nitrogens with zero attached hydrogens (tertiary/aromatic N) is 2. The molecule has 1 fully saturated rings. The smallest absolute Gasteiger partial charge is 0.162 e. The normalized spacial score (nSPS) is 22.1. The van der Waals surface area contributed by atoms with Crippen LogP contribution in [0, 0.1) is 0 Å². The van der Waals surface area contributed by atoms with E-state index >= 15 is 0 Å². The molecule has 1 saturated heterocycles.